The van der Waals surface area contributed by atoms with E-state index in [4.69, 9.17) is 14.6 Å². The van der Waals surface area contributed by atoms with E-state index in [9.17, 15) is 4.79 Å². The molecule has 0 fully saturated rings. The summed E-state index contributed by atoms with van der Waals surface area (Å²) in [6, 6.07) is 7.39. The van der Waals surface area contributed by atoms with Crippen molar-refractivity contribution in [1.82, 2.24) is 4.98 Å². The number of fused-ring (bicyclic) bond motifs is 1. The van der Waals surface area contributed by atoms with E-state index in [2.05, 4.69) is 4.98 Å². The van der Waals surface area contributed by atoms with Crippen LogP contribution in [-0.2, 0) is 0 Å². The maximum Gasteiger partial charge on any atom is 0.347 e. The molecule has 1 N–H and O–H groups in total. The Labute approximate surface area is 113 Å². The van der Waals surface area contributed by atoms with Crippen LogP contribution in [0.15, 0.2) is 24.3 Å². The number of carboxylic acids is 1. The summed E-state index contributed by atoms with van der Waals surface area (Å²) >= 11 is 1.13. The Bertz CT molecular complexity index is 637. The van der Waals surface area contributed by atoms with E-state index in [1.807, 2.05) is 24.3 Å². The molecule has 0 bridgehead atoms. The molecule has 2 aromatic rings. The monoisotopic (exact) mass is 277 g/mol. The van der Waals surface area contributed by atoms with Crippen LogP contribution in [0.2, 0.25) is 0 Å². The number of carbonyl (C=O) groups is 1. The minimum Gasteiger partial charge on any atom is -0.485 e. The molecule has 0 aliphatic carbocycles. The van der Waals surface area contributed by atoms with Crippen LogP contribution >= 0.6 is 11.3 Å². The molecule has 0 unspecified atom stereocenters. The third-order valence-electron chi connectivity index (χ3n) is 2.79. The van der Waals surface area contributed by atoms with Crippen molar-refractivity contribution in [2.45, 2.75) is 13.0 Å². The van der Waals surface area contributed by atoms with E-state index in [1.54, 1.807) is 6.92 Å². The van der Waals surface area contributed by atoms with E-state index in [0.29, 0.717) is 28.8 Å². The van der Waals surface area contributed by atoms with Crippen LogP contribution in [0.5, 0.6) is 11.5 Å². The molecule has 1 atom stereocenters. The molecule has 1 aliphatic heterocycles. The molecule has 5 nitrogen and oxygen atoms in total. The lowest BCUT2D eigenvalue weighted by Crippen LogP contribution is -2.21. The molecule has 2 heterocycles. The first kappa shape index (κ1) is 12.0. The second-order valence-electron chi connectivity index (χ2n) is 4.14. The molecule has 0 spiro atoms. The number of ether oxygens (including phenoxy) is 2. The fourth-order valence-corrected chi connectivity index (χ4v) is 2.81. The normalized spacial score (nSPS) is 17.2. The number of aromatic nitrogens is 1. The predicted molar refractivity (Wildman–Crippen MR) is 69.1 cm³/mol. The zero-order valence-electron chi connectivity index (χ0n) is 10.1. The maximum absolute atomic E-state index is 11.0. The molecule has 0 radical (unpaired) electrons. The van der Waals surface area contributed by atoms with E-state index >= 15 is 0 Å². The average Bonchev–Trinajstić information content (AvgIpc) is 2.80. The first-order valence-electron chi connectivity index (χ1n) is 5.74. The van der Waals surface area contributed by atoms with Gasteiger partial charge in [0.1, 0.15) is 16.5 Å². The van der Waals surface area contributed by atoms with Crippen LogP contribution in [-0.4, -0.2) is 22.7 Å². The lowest BCUT2D eigenvalue weighted by Gasteiger charge is -2.24. The van der Waals surface area contributed by atoms with Gasteiger partial charge in [0, 0.05) is 0 Å². The van der Waals surface area contributed by atoms with Gasteiger partial charge < -0.3 is 14.6 Å². The van der Waals surface area contributed by atoms with Gasteiger partial charge in [-0.2, -0.15) is 0 Å². The molecule has 98 valence electrons. The summed E-state index contributed by atoms with van der Waals surface area (Å²) in [7, 11) is 0. The SMILES string of the molecule is Cc1nc([C@@H]2COc3ccccc3O2)sc1C(=O)O. The van der Waals surface area contributed by atoms with Crippen LogP contribution in [0.3, 0.4) is 0 Å². The minimum atomic E-state index is -0.960. The number of para-hydroxylation sites is 2. The smallest absolute Gasteiger partial charge is 0.347 e. The summed E-state index contributed by atoms with van der Waals surface area (Å²) in [6.45, 7) is 2.02. The number of aryl methyl sites for hydroxylation is 1. The highest BCUT2D eigenvalue weighted by atomic mass is 32.1. The zero-order chi connectivity index (χ0) is 13.4. The van der Waals surface area contributed by atoms with Gasteiger partial charge in [0.25, 0.3) is 0 Å². The highest BCUT2D eigenvalue weighted by Crippen LogP contribution is 2.37. The summed E-state index contributed by atoms with van der Waals surface area (Å²) in [6.07, 6.45) is -0.355. The summed E-state index contributed by atoms with van der Waals surface area (Å²) in [4.78, 5) is 15.5. The first-order valence-corrected chi connectivity index (χ1v) is 6.56. The number of rotatable bonds is 2. The Hall–Kier alpha value is -2.08. The quantitative estimate of drug-likeness (QED) is 0.914. The number of hydrogen-bond acceptors (Lipinski definition) is 5. The lowest BCUT2D eigenvalue weighted by atomic mass is 10.2. The number of hydrogen-bond donors (Lipinski definition) is 1. The highest BCUT2D eigenvalue weighted by Gasteiger charge is 2.27. The number of carboxylic acid groups (broad SMARTS) is 1. The largest absolute Gasteiger partial charge is 0.485 e. The van der Waals surface area contributed by atoms with Crippen molar-refractivity contribution in [3.63, 3.8) is 0 Å². The minimum absolute atomic E-state index is 0.248. The van der Waals surface area contributed by atoms with Crippen LogP contribution < -0.4 is 9.47 Å². The Morgan fingerprint density at radius 2 is 2.16 bits per heavy atom. The van der Waals surface area contributed by atoms with Crippen LogP contribution in [0.25, 0.3) is 0 Å². The van der Waals surface area contributed by atoms with Crippen LogP contribution in [0.1, 0.15) is 26.5 Å². The zero-order valence-corrected chi connectivity index (χ0v) is 10.9. The van der Waals surface area contributed by atoms with Gasteiger partial charge in [-0.25, -0.2) is 9.78 Å². The molecule has 3 rings (SSSR count). The van der Waals surface area contributed by atoms with Gasteiger partial charge >= 0.3 is 5.97 Å². The first-order chi connectivity index (χ1) is 9.15. The molecule has 1 aromatic carbocycles. The maximum atomic E-state index is 11.0. The van der Waals surface area contributed by atoms with E-state index in [0.717, 1.165) is 11.3 Å². The Morgan fingerprint density at radius 1 is 1.42 bits per heavy atom. The van der Waals surface area contributed by atoms with Crippen molar-refractivity contribution in [3.8, 4) is 11.5 Å². The number of thiazole rings is 1. The molecular formula is C13H11NO4S. The fourth-order valence-electron chi connectivity index (χ4n) is 1.89. The van der Waals surface area contributed by atoms with Gasteiger partial charge in [-0.15, -0.1) is 11.3 Å². The highest BCUT2D eigenvalue weighted by molar-refractivity contribution is 7.13. The third kappa shape index (κ3) is 2.15. The van der Waals surface area contributed by atoms with Crippen LogP contribution in [0, 0.1) is 6.92 Å². The van der Waals surface area contributed by atoms with Crippen molar-refractivity contribution in [2.24, 2.45) is 0 Å². The van der Waals surface area contributed by atoms with Crippen molar-refractivity contribution in [1.29, 1.82) is 0 Å². The van der Waals surface area contributed by atoms with Crippen LogP contribution in [0.4, 0.5) is 0 Å². The molecular weight excluding hydrogens is 266 g/mol. The number of nitrogens with zero attached hydrogens (tertiary/aromatic N) is 1. The third-order valence-corrected chi connectivity index (χ3v) is 4.03. The Balaban J connectivity index is 1.89. The van der Waals surface area contributed by atoms with Crippen molar-refractivity contribution >= 4 is 17.3 Å². The Kier molecular flexibility index (Phi) is 2.87. The molecule has 0 saturated heterocycles. The average molecular weight is 277 g/mol. The number of aromatic carboxylic acids is 1. The number of benzene rings is 1. The molecule has 1 aromatic heterocycles. The standard InChI is InChI=1S/C13H11NO4S/c1-7-11(13(15)16)19-12(14-7)10-6-17-8-4-2-3-5-9(8)18-10/h2-5,10H,6H2,1H3,(H,15,16)/t10-/m0/s1. The fraction of sp³-hybridized carbons (Fsp3) is 0.231. The van der Waals surface area contributed by atoms with E-state index in [1.165, 1.54) is 0 Å². The van der Waals surface area contributed by atoms with E-state index in [-0.39, 0.29) is 11.0 Å². The molecule has 19 heavy (non-hydrogen) atoms. The molecule has 0 saturated carbocycles. The van der Waals surface area contributed by atoms with Crippen molar-refractivity contribution in [3.05, 3.63) is 39.8 Å². The molecule has 6 heteroatoms. The Morgan fingerprint density at radius 3 is 2.84 bits per heavy atom. The molecule has 0 amide bonds. The van der Waals surface area contributed by atoms with E-state index < -0.39 is 5.97 Å². The van der Waals surface area contributed by atoms with Gasteiger partial charge in [0.2, 0.25) is 0 Å². The van der Waals surface area contributed by atoms with Gasteiger partial charge in [-0.05, 0) is 19.1 Å². The topological polar surface area (TPSA) is 68.7 Å². The van der Waals surface area contributed by atoms with Gasteiger partial charge in [-0.1, -0.05) is 12.1 Å². The van der Waals surface area contributed by atoms with Gasteiger partial charge in [0.15, 0.2) is 17.6 Å². The summed E-state index contributed by atoms with van der Waals surface area (Å²) in [5, 5.41) is 9.66. The summed E-state index contributed by atoms with van der Waals surface area (Å²) in [5.41, 5.74) is 0.509. The second kappa shape index (κ2) is 4.55. The second-order valence-corrected chi connectivity index (χ2v) is 5.17. The van der Waals surface area contributed by atoms with Gasteiger partial charge in [-0.3, -0.25) is 0 Å². The lowest BCUT2D eigenvalue weighted by molar-refractivity contribution is 0.0701. The summed E-state index contributed by atoms with van der Waals surface area (Å²) in [5.74, 6) is 0.396. The molecule has 1 aliphatic rings. The van der Waals surface area contributed by atoms with Gasteiger partial charge in [0.05, 0.1) is 5.69 Å². The predicted octanol–water partition coefficient (Wildman–Crippen LogP) is 2.66. The van der Waals surface area contributed by atoms with Crippen molar-refractivity contribution in [2.75, 3.05) is 6.61 Å². The van der Waals surface area contributed by atoms with Crippen molar-refractivity contribution < 1.29 is 19.4 Å². The summed E-state index contributed by atoms with van der Waals surface area (Å²) < 4.78 is 11.4.